The summed E-state index contributed by atoms with van der Waals surface area (Å²) in [7, 11) is 1.61. The first-order valence-electron chi connectivity index (χ1n) is 14.6. The predicted octanol–water partition coefficient (Wildman–Crippen LogP) is 6.49. The number of thiophene rings is 1. The van der Waals surface area contributed by atoms with Crippen molar-refractivity contribution in [3.63, 3.8) is 0 Å². The van der Waals surface area contributed by atoms with E-state index in [-0.39, 0.29) is 29.9 Å². The number of methoxy groups -OCH3 is 1. The summed E-state index contributed by atoms with van der Waals surface area (Å²) in [4.78, 5) is 27.2. The number of amides is 2. The molecule has 0 bridgehead atoms. The Morgan fingerprint density at radius 2 is 1.83 bits per heavy atom. The minimum absolute atomic E-state index is 0.0294. The Kier molecular flexibility index (Phi) is 9.27. The summed E-state index contributed by atoms with van der Waals surface area (Å²) >= 11 is 2.61. The largest absolute Gasteiger partial charge is 0.497 e. The van der Waals surface area contributed by atoms with Crippen LogP contribution in [0, 0.1) is 19.7 Å². The molecule has 6 rings (SSSR count). The molecule has 5 aromatic rings. The zero-order valence-electron chi connectivity index (χ0n) is 25.4. The van der Waals surface area contributed by atoms with E-state index in [4.69, 9.17) is 9.84 Å². The third-order valence-electron chi connectivity index (χ3n) is 7.63. The van der Waals surface area contributed by atoms with E-state index < -0.39 is 6.04 Å². The van der Waals surface area contributed by atoms with Crippen LogP contribution in [0.5, 0.6) is 5.75 Å². The first kappa shape index (κ1) is 31.2. The van der Waals surface area contributed by atoms with Gasteiger partial charge in [-0.2, -0.15) is 5.10 Å². The summed E-state index contributed by atoms with van der Waals surface area (Å²) in [5.74, 6) is 0.521. The molecule has 2 amide bonds. The van der Waals surface area contributed by atoms with Crippen LogP contribution < -0.4 is 10.1 Å². The molecule has 1 N–H and O–H groups in total. The van der Waals surface area contributed by atoms with E-state index in [1.165, 1.54) is 40.2 Å². The number of nitrogens with one attached hydrogen (secondary N) is 1. The minimum Gasteiger partial charge on any atom is -0.497 e. The molecule has 0 saturated carbocycles. The first-order chi connectivity index (χ1) is 22.3. The number of hydrogen-bond donors (Lipinski definition) is 1. The molecule has 0 fully saturated rings. The van der Waals surface area contributed by atoms with Gasteiger partial charge in [-0.1, -0.05) is 42.1 Å². The number of halogens is 1. The second-order valence-electron chi connectivity index (χ2n) is 10.8. The van der Waals surface area contributed by atoms with Crippen molar-refractivity contribution >= 4 is 40.6 Å². The highest BCUT2D eigenvalue weighted by atomic mass is 32.2. The first-order valence-corrected chi connectivity index (χ1v) is 16.4. The van der Waals surface area contributed by atoms with E-state index in [1.54, 1.807) is 25.3 Å². The van der Waals surface area contributed by atoms with Gasteiger partial charge in [0.25, 0.3) is 11.8 Å². The van der Waals surface area contributed by atoms with Crippen LogP contribution >= 0.6 is 23.1 Å². The van der Waals surface area contributed by atoms with Crippen molar-refractivity contribution < 1.29 is 18.7 Å². The maximum Gasteiger partial charge on any atom is 0.261 e. The highest BCUT2D eigenvalue weighted by Gasteiger charge is 2.33. The van der Waals surface area contributed by atoms with Gasteiger partial charge in [-0.15, -0.1) is 21.5 Å². The number of benzene rings is 3. The maximum absolute atomic E-state index is 13.9. The molecule has 0 radical (unpaired) electrons. The molecule has 0 spiro atoms. The number of carbonyl (C=O) groups excluding carboxylic acids is 2. The van der Waals surface area contributed by atoms with Gasteiger partial charge in [-0.3, -0.25) is 14.2 Å². The summed E-state index contributed by atoms with van der Waals surface area (Å²) in [5.41, 5.74) is 5.32. The lowest BCUT2D eigenvalue weighted by atomic mass is 9.98. The Labute approximate surface area is 274 Å². The highest BCUT2D eigenvalue weighted by Crippen LogP contribution is 2.34. The van der Waals surface area contributed by atoms with E-state index in [9.17, 15) is 14.0 Å². The molecule has 0 unspecified atom stereocenters. The summed E-state index contributed by atoms with van der Waals surface area (Å²) in [6.45, 7) is 4.15. The molecule has 1 aliphatic heterocycles. The Bertz CT molecular complexity index is 1890. The lowest BCUT2D eigenvalue weighted by Crippen LogP contribution is -2.28. The Hall–Kier alpha value is -4.81. The number of hydrogen-bond acceptors (Lipinski definition) is 8. The molecule has 0 saturated heterocycles. The van der Waals surface area contributed by atoms with Crippen LogP contribution in [0.15, 0.2) is 94.5 Å². The van der Waals surface area contributed by atoms with E-state index in [0.29, 0.717) is 22.3 Å². The smallest absolute Gasteiger partial charge is 0.261 e. The van der Waals surface area contributed by atoms with Crippen molar-refractivity contribution in [1.82, 2.24) is 25.1 Å². The van der Waals surface area contributed by atoms with Crippen LogP contribution in [0.2, 0.25) is 0 Å². The zero-order chi connectivity index (χ0) is 32.2. The number of aromatic nitrogens is 3. The van der Waals surface area contributed by atoms with Crippen LogP contribution in [0.25, 0.3) is 5.69 Å². The number of rotatable bonds is 10. The van der Waals surface area contributed by atoms with Gasteiger partial charge in [0.1, 0.15) is 11.6 Å². The second-order valence-corrected chi connectivity index (χ2v) is 12.6. The average molecular weight is 655 g/mol. The Balaban J connectivity index is 1.27. The minimum atomic E-state index is -0.397. The normalized spacial score (nSPS) is 14.3. The lowest BCUT2D eigenvalue weighted by molar-refractivity contribution is -0.130. The maximum atomic E-state index is 13.9. The number of nitrogens with zero attached hydrogens (tertiary/aromatic N) is 5. The summed E-state index contributed by atoms with van der Waals surface area (Å²) in [6, 6.07) is 23.0. The fourth-order valence-corrected chi connectivity index (χ4v) is 6.66. The molecule has 0 aliphatic carbocycles. The fourth-order valence-electron chi connectivity index (χ4n) is 5.20. The van der Waals surface area contributed by atoms with Crippen LogP contribution in [0.1, 0.15) is 50.2 Å². The van der Waals surface area contributed by atoms with Gasteiger partial charge in [0.05, 0.1) is 41.7 Å². The lowest BCUT2D eigenvalue weighted by Gasteiger charge is -2.22. The molecule has 3 aromatic carbocycles. The number of hydrazone groups is 1. The van der Waals surface area contributed by atoms with Crippen molar-refractivity contribution in [1.29, 1.82) is 0 Å². The molecular weight excluding hydrogens is 624 g/mol. The third kappa shape index (κ3) is 6.73. The van der Waals surface area contributed by atoms with Crippen molar-refractivity contribution in [3.05, 3.63) is 123 Å². The van der Waals surface area contributed by atoms with Crippen LogP contribution in [0.4, 0.5) is 4.39 Å². The number of ether oxygens (including phenoxy) is 1. The molecule has 9 nitrogen and oxygen atoms in total. The molecule has 1 atom stereocenters. The standard InChI is InChI=1S/C34H31FN6O3S2/c1-21-6-7-22(2)28(17-21)40-31(19-36-33(43)30-5-4-16-45-30)37-38-34(40)46-20-32(42)41-29(24-8-12-25(35)13-9-24)18-27(39-41)23-10-14-26(44-3)15-11-23/h4-17,29H,18-20H2,1-3H3,(H,36,43)/t29-/m0/s1. The van der Waals surface area contributed by atoms with Crippen LogP contribution in [-0.4, -0.2) is 50.2 Å². The van der Waals surface area contributed by atoms with E-state index in [0.717, 1.165) is 39.4 Å². The van der Waals surface area contributed by atoms with E-state index >= 15 is 0 Å². The second kappa shape index (κ2) is 13.7. The zero-order valence-corrected chi connectivity index (χ0v) is 27.1. The van der Waals surface area contributed by atoms with Crippen LogP contribution in [0.3, 0.4) is 0 Å². The van der Waals surface area contributed by atoms with E-state index in [2.05, 4.69) is 15.5 Å². The Morgan fingerprint density at radius 1 is 1.04 bits per heavy atom. The number of aryl methyl sites for hydroxylation is 2. The van der Waals surface area contributed by atoms with E-state index in [1.807, 2.05) is 72.3 Å². The summed E-state index contributed by atoms with van der Waals surface area (Å²) in [5, 5.41) is 20.4. The Morgan fingerprint density at radius 3 is 2.54 bits per heavy atom. The predicted molar refractivity (Wildman–Crippen MR) is 177 cm³/mol. The molecule has 234 valence electrons. The van der Waals surface area contributed by atoms with Gasteiger partial charge in [0.15, 0.2) is 11.0 Å². The van der Waals surface area contributed by atoms with Crippen molar-refractivity contribution in [2.45, 2.75) is 38.0 Å². The molecule has 1 aliphatic rings. The highest BCUT2D eigenvalue weighted by molar-refractivity contribution is 7.99. The number of thioether (sulfide) groups is 1. The van der Waals surface area contributed by atoms with Gasteiger partial charge < -0.3 is 10.1 Å². The monoisotopic (exact) mass is 654 g/mol. The fraction of sp³-hybridized carbons (Fsp3) is 0.206. The van der Waals surface area contributed by atoms with Crippen molar-refractivity contribution in [3.8, 4) is 11.4 Å². The molecule has 46 heavy (non-hydrogen) atoms. The molecule has 2 aromatic heterocycles. The topological polar surface area (TPSA) is 102 Å². The SMILES string of the molecule is COc1ccc(C2=NN(C(=O)CSc3nnc(CNC(=O)c4cccs4)n3-c3cc(C)ccc3C)[C@H](c3ccc(F)cc3)C2)cc1. The summed E-state index contributed by atoms with van der Waals surface area (Å²) < 4.78 is 21.0. The quantitative estimate of drug-likeness (QED) is 0.173. The van der Waals surface area contributed by atoms with Gasteiger partial charge in [0.2, 0.25) is 0 Å². The van der Waals surface area contributed by atoms with Gasteiger partial charge in [-0.05, 0) is 90.0 Å². The molecule has 3 heterocycles. The van der Waals surface area contributed by atoms with Crippen molar-refractivity contribution in [2.75, 3.05) is 12.9 Å². The summed E-state index contributed by atoms with van der Waals surface area (Å²) in [6.07, 6.45) is 0.473. The number of carbonyl (C=O) groups is 2. The molecule has 12 heteroatoms. The molecular formula is C34H31FN6O3S2. The van der Waals surface area contributed by atoms with Crippen LogP contribution in [-0.2, 0) is 11.3 Å². The van der Waals surface area contributed by atoms with Gasteiger partial charge in [-0.25, -0.2) is 9.40 Å². The van der Waals surface area contributed by atoms with Crippen molar-refractivity contribution in [2.24, 2.45) is 5.10 Å². The van der Waals surface area contributed by atoms with Gasteiger partial charge >= 0.3 is 0 Å². The van der Waals surface area contributed by atoms with Gasteiger partial charge in [0, 0.05) is 6.42 Å². The third-order valence-corrected chi connectivity index (χ3v) is 9.41. The average Bonchev–Trinajstić information content (AvgIpc) is 3.85.